The summed E-state index contributed by atoms with van der Waals surface area (Å²) in [5, 5.41) is 1.14. The van der Waals surface area contributed by atoms with Gasteiger partial charge in [-0.1, -0.05) is 48.0 Å². The molecule has 1 aliphatic rings. The molecule has 0 unspecified atom stereocenters. The minimum atomic E-state index is -3.76. The summed E-state index contributed by atoms with van der Waals surface area (Å²) < 4.78 is 52.6. The van der Waals surface area contributed by atoms with E-state index < -0.39 is 25.1 Å². The van der Waals surface area contributed by atoms with Crippen molar-refractivity contribution in [1.82, 2.24) is 4.31 Å². The Kier molecular flexibility index (Phi) is 4.50. The van der Waals surface area contributed by atoms with Crippen LogP contribution in [-0.4, -0.2) is 39.5 Å². The van der Waals surface area contributed by atoms with Crippen molar-refractivity contribution in [3.63, 3.8) is 0 Å². The lowest BCUT2D eigenvalue weighted by atomic mass is 10.1. The van der Waals surface area contributed by atoms with E-state index in [1.807, 2.05) is 18.2 Å². The maximum absolute atomic E-state index is 13.0. The van der Waals surface area contributed by atoms with Gasteiger partial charge in [0.2, 0.25) is 10.0 Å². The Morgan fingerprint density at radius 1 is 0.815 bits per heavy atom. The molecule has 1 fully saturated rings. The number of halogens is 1. The second-order valence-corrected chi connectivity index (χ2v) is 11.0. The van der Waals surface area contributed by atoms with E-state index in [1.54, 1.807) is 24.3 Å². The van der Waals surface area contributed by atoms with Gasteiger partial charge in [-0.05, 0) is 35.7 Å². The van der Waals surface area contributed by atoms with Crippen LogP contribution in [0.25, 0.3) is 10.8 Å². The van der Waals surface area contributed by atoms with Crippen molar-refractivity contribution in [3.8, 4) is 0 Å². The topological polar surface area (TPSA) is 71.5 Å². The number of nitrogens with zero attached hydrogens (tertiary/aromatic N) is 1. The molecule has 1 aliphatic heterocycles. The highest BCUT2D eigenvalue weighted by Gasteiger charge is 2.44. The minimum Gasteiger partial charge on any atom is -0.223 e. The zero-order chi connectivity index (χ0) is 19.2. The van der Waals surface area contributed by atoms with Crippen molar-refractivity contribution in [2.24, 2.45) is 0 Å². The molecule has 8 heteroatoms. The lowest BCUT2D eigenvalue weighted by Crippen LogP contribution is -2.56. The molecule has 140 valence electrons. The molecule has 0 bridgehead atoms. The molecule has 0 amide bonds. The first-order valence-corrected chi connectivity index (χ1v) is 11.6. The van der Waals surface area contributed by atoms with Crippen LogP contribution in [-0.2, 0) is 19.9 Å². The lowest BCUT2D eigenvalue weighted by Gasteiger charge is -2.37. The molecule has 4 rings (SSSR count). The molecule has 27 heavy (non-hydrogen) atoms. The standard InChI is InChI=1S/C19H16ClNO4S2/c20-15-8-10-16(11-9-15)26(22,23)17-12-21(13-17)27(24,25)19-7-3-5-14-4-1-2-6-18(14)19/h1-11,17H,12-13H2. The smallest absolute Gasteiger partial charge is 0.223 e. The maximum Gasteiger partial charge on any atom is 0.243 e. The van der Waals surface area contributed by atoms with Crippen LogP contribution in [0.5, 0.6) is 0 Å². The summed E-state index contributed by atoms with van der Waals surface area (Å²) in [5.74, 6) is 0. The van der Waals surface area contributed by atoms with Gasteiger partial charge in [-0.25, -0.2) is 16.8 Å². The Hall–Kier alpha value is -1.93. The molecule has 3 aromatic rings. The van der Waals surface area contributed by atoms with Crippen LogP contribution in [0.1, 0.15) is 0 Å². The summed E-state index contributed by atoms with van der Waals surface area (Å²) in [6.07, 6.45) is 0. The lowest BCUT2D eigenvalue weighted by molar-refractivity contribution is 0.310. The van der Waals surface area contributed by atoms with Crippen LogP contribution < -0.4 is 0 Å². The number of rotatable bonds is 4. The Morgan fingerprint density at radius 3 is 2.15 bits per heavy atom. The van der Waals surface area contributed by atoms with Crippen LogP contribution in [0.4, 0.5) is 0 Å². The number of hydrogen-bond acceptors (Lipinski definition) is 4. The van der Waals surface area contributed by atoms with Gasteiger partial charge in [0, 0.05) is 23.5 Å². The van der Waals surface area contributed by atoms with Gasteiger partial charge in [0.25, 0.3) is 0 Å². The third-order valence-electron chi connectivity index (χ3n) is 4.76. The fourth-order valence-electron chi connectivity index (χ4n) is 3.17. The van der Waals surface area contributed by atoms with Crippen molar-refractivity contribution in [2.75, 3.05) is 13.1 Å². The largest absolute Gasteiger partial charge is 0.243 e. The van der Waals surface area contributed by atoms with Crippen molar-refractivity contribution in [2.45, 2.75) is 15.0 Å². The van der Waals surface area contributed by atoms with E-state index in [2.05, 4.69) is 0 Å². The van der Waals surface area contributed by atoms with Gasteiger partial charge in [0.05, 0.1) is 15.0 Å². The van der Waals surface area contributed by atoms with Crippen LogP contribution in [0, 0.1) is 0 Å². The quantitative estimate of drug-likeness (QED) is 0.647. The van der Waals surface area contributed by atoms with Gasteiger partial charge in [-0.15, -0.1) is 0 Å². The molecule has 0 aliphatic carbocycles. The van der Waals surface area contributed by atoms with Crippen LogP contribution in [0.3, 0.4) is 0 Å². The zero-order valence-corrected chi connectivity index (χ0v) is 16.5. The number of benzene rings is 3. The van der Waals surface area contributed by atoms with E-state index in [4.69, 9.17) is 11.6 Å². The number of sulfone groups is 1. The average Bonchev–Trinajstić information content (AvgIpc) is 2.59. The third-order valence-corrected chi connectivity index (χ3v) is 9.01. The van der Waals surface area contributed by atoms with E-state index in [1.165, 1.54) is 28.6 Å². The van der Waals surface area contributed by atoms with Crippen molar-refractivity contribution in [3.05, 3.63) is 71.8 Å². The second-order valence-electron chi connectivity index (χ2n) is 6.42. The van der Waals surface area contributed by atoms with E-state index in [-0.39, 0.29) is 22.9 Å². The Labute approximate surface area is 163 Å². The highest BCUT2D eigenvalue weighted by atomic mass is 35.5. The Balaban J connectivity index is 1.61. The third kappa shape index (κ3) is 3.14. The predicted molar refractivity (Wildman–Crippen MR) is 105 cm³/mol. The molecule has 1 heterocycles. The first kappa shape index (κ1) is 18.4. The molecule has 0 N–H and O–H groups in total. The SMILES string of the molecule is O=S(=O)(c1ccc(Cl)cc1)C1CN(S(=O)(=O)c2cccc3ccccc23)C1. The Morgan fingerprint density at radius 2 is 1.44 bits per heavy atom. The van der Waals surface area contributed by atoms with Crippen LogP contribution in [0.2, 0.25) is 5.02 Å². The van der Waals surface area contributed by atoms with Gasteiger partial charge >= 0.3 is 0 Å². The van der Waals surface area contributed by atoms with E-state index in [0.717, 1.165) is 5.39 Å². The predicted octanol–water partition coefficient (Wildman–Crippen LogP) is 3.34. The van der Waals surface area contributed by atoms with E-state index in [0.29, 0.717) is 10.4 Å². The first-order valence-electron chi connectivity index (χ1n) is 8.27. The summed E-state index contributed by atoms with van der Waals surface area (Å²) in [4.78, 5) is 0.349. The van der Waals surface area contributed by atoms with Crippen LogP contribution in [0.15, 0.2) is 76.5 Å². The van der Waals surface area contributed by atoms with Crippen molar-refractivity contribution >= 4 is 42.2 Å². The fraction of sp³-hybridized carbons (Fsp3) is 0.158. The van der Waals surface area contributed by atoms with Gasteiger partial charge in [0.15, 0.2) is 9.84 Å². The molecule has 0 radical (unpaired) electrons. The van der Waals surface area contributed by atoms with Crippen molar-refractivity contribution in [1.29, 1.82) is 0 Å². The van der Waals surface area contributed by atoms with Gasteiger partial charge < -0.3 is 0 Å². The number of fused-ring (bicyclic) bond motifs is 1. The first-order chi connectivity index (χ1) is 12.8. The van der Waals surface area contributed by atoms with Gasteiger partial charge in [-0.3, -0.25) is 0 Å². The molecular formula is C19H16ClNO4S2. The zero-order valence-electron chi connectivity index (χ0n) is 14.1. The Bertz CT molecular complexity index is 1210. The van der Waals surface area contributed by atoms with Crippen LogP contribution >= 0.6 is 11.6 Å². The molecule has 3 aromatic carbocycles. The van der Waals surface area contributed by atoms with Crippen molar-refractivity contribution < 1.29 is 16.8 Å². The molecule has 0 saturated carbocycles. The van der Waals surface area contributed by atoms with Gasteiger partial charge in [0.1, 0.15) is 0 Å². The highest BCUT2D eigenvalue weighted by molar-refractivity contribution is 7.92. The molecule has 1 saturated heterocycles. The fourth-order valence-corrected chi connectivity index (χ4v) is 6.88. The number of hydrogen-bond donors (Lipinski definition) is 0. The van der Waals surface area contributed by atoms with Gasteiger partial charge in [-0.2, -0.15) is 4.31 Å². The van der Waals surface area contributed by atoms with E-state index in [9.17, 15) is 16.8 Å². The maximum atomic E-state index is 13.0. The highest BCUT2D eigenvalue weighted by Crippen LogP contribution is 2.32. The normalized spacial score (nSPS) is 16.3. The molecular weight excluding hydrogens is 406 g/mol. The monoisotopic (exact) mass is 421 g/mol. The summed E-state index contributed by atoms with van der Waals surface area (Å²) in [5.41, 5.74) is 0. The summed E-state index contributed by atoms with van der Waals surface area (Å²) in [6, 6.07) is 18.2. The second kappa shape index (κ2) is 6.60. The molecule has 0 aromatic heterocycles. The minimum absolute atomic E-state index is 0.0590. The number of sulfonamides is 1. The summed E-state index contributed by atoms with van der Waals surface area (Å²) in [7, 11) is -7.36. The van der Waals surface area contributed by atoms with E-state index >= 15 is 0 Å². The molecule has 0 spiro atoms. The molecule has 0 atom stereocenters. The average molecular weight is 422 g/mol. The molecule has 5 nitrogen and oxygen atoms in total. The summed E-state index contributed by atoms with van der Waals surface area (Å²) in [6.45, 7) is -0.118. The summed E-state index contributed by atoms with van der Waals surface area (Å²) >= 11 is 5.81.